The van der Waals surface area contributed by atoms with E-state index in [1.54, 1.807) is 0 Å². The summed E-state index contributed by atoms with van der Waals surface area (Å²) in [6.07, 6.45) is 0. The first-order valence-corrected chi connectivity index (χ1v) is 5.87. The second kappa shape index (κ2) is 3.39. The van der Waals surface area contributed by atoms with Crippen LogP contribution in [-0.2, 0) is 0 Å². The molecule has 0 aromatic rings. The third kappa shape index (κ3) is 39.7. The Morgan fingerprint density at radius 1 is 0.929 bits per heavy atom. The average Bonchev–Trinajstić information content (AvgIpc) is 1.50. The monoisotopic (exact) mass is 267 g/mol. The number of rotatable bonds is 1. The second-order valence-corrected chi connectivity index (χ2v) is 6.20. The number of alkyl halides is 1. The number of hydrogen-bond acceptors (Lipinski definition) is 0. The zero-order chi connectivity index (χ0) is 12.5. The molecule has 14 heavy (non-hydrogen) atoms. The SMILES string of the molecule is CC(Cl)[N+](C)(C)C.F[P-](F)(F)(F)(F)F. The molecule has 9 heteroatoms. The zero-order valence-electron chi connectivity index (χ0n) is 8.12. The van der Waals surface area contributed by atoms with Gasteiger partial charge in [-0.25, -0.2) is 0 Å². The van der Waals surface area contributed by atoms with Crippen LogP contribution in [0.5, 0.6) is 0 Å². The molecule has 0 saturated heterocycles. The molecule has 0 aliphatic heterocycles. The molecule has 0 aliphatic carbocycles. The van der Waals surface area contributed by atoms with E-state index in [0.29, 0.717) is 0 Å². The van der Waals surface area contributed by atoms with Gasteiger partial charge in [-0.05, 0) is 0 Å². The van der Waals surface area contributed by atoms with E-state index in [4.69, 9.17) is 11.6 Å². The minimum atomic E-state index is -10.7. The Morgan fingerprint density at radius 2 is 1.00 bits per heavy atom. The van der Waals surface area contributed by atoms with Gasteiger partial charge in [0.25, 0.3) is 0 Å². The Balaban J connectivity index is 0. The van der Waals surface area contributed by atoms with Crippen LogP contribution >= 0.6 is 19.4 Å². The third-order valence-electron chi connectivity index (χ3n) is 1.07. The molecule has 0 aromatic heterocycles. The van der Waals surface area contributed by atoms with Crippen LogP contribution in [0.3, 0.4) is 0 Å². The summed E-state index contributed by atoms with van der Waals surface area (Å²) >= 11 is 5.73. The number of quaternary nitrogens is 1. The van der Waals surface area contributed by atoms with Gasteiger partial charge in [0.2, 0.25) is 0 Å². The van der Waals surface area contributed by atoms with Crippen molar-refractivity contribution in [2.24, 2.45) is 0 Å². The van der Waals surface area contributed by atoms with Gasteiger partial charge in [-0.3, -0.25) is 0 Å². The van der Waals surface area contributed by atoms with Gasteiger partial charge < -0.3 is 4.48 Å². The van der Waals surface area contributed by atoms with Gasteiger partial charge in [-0.1, -0.05) is 11.6 Å². The predicted octanol–water partition coefficient (Wildman–Crippen LogP) is 4.66. The first-order valence-electron chi connectivity index (χ1n) is 3.41. The van der Waals surface area contributed by atoms with Gasteiger partial charge in [0.15, 0.2) is 5.50 Å². The molecule has 0 aromatic carbocycles. The van der Waals surface area contributed by atoms with Crippen LogP contribution in [0.1, 0.15) is 6.92 Å². The Kier molecular flexibility index (Phi) is 4.03. The van der Waals surface area contributed by atoms with E-state index in [1.807, 2.05) is 6.92 Å². The summed E-state index contributed by atoms with van der Waals surface area (Å²) in [4.78, 5) is 0. The van der Waals surface area contributed by atoms with Crippen LogP contribution in [0, 0.1) is 0 Å². The maximum absolute atomic E-state index is 10.7. The van der Waals surface area contributed by atoms with Crippen molar-refractivity contribution in [1.29, 1.82) is 0 Å². The van der Waals surface area contributed by atoms with Crippen LogP contribution in [0.2, 0.25) is 0 Å². The first kappa shape index (κ1) is 16.7. The van der Waals surface area contributed by atoms with Crippen molar-refractivity contribution < 1.29 is 29.7 Å². The Bertz CT molecular complexity index is 176. The Hall–Kier alpha value is 0.260. The second-order valence-electron chi connectivity index (χ2n) is 3.65. The van der Waals surface area contributed by atoms with Crippen molar-refractivity contribution in [2.75, 3.05) is 21.1 Å². The fourth-order valence-corrected chi connectivity index (χ4v) is 0. The molecule has 0 bridgehead atoms. The average molecular weight is 268 g/mol. The van der Waals surface area contributed by atoms with Crippen molar-refractivity contribution in [3.05, 3.63) is 0 Å². The topological polar surface area (TPSA) is 0 Å². The zero-order valence-corrected chi connectivity index (χ0v) is 9.77. The third-order valence-corrected chi connectivity index (χ3v) is 1.65. The summed E-state index contributed by atoms with van der Waals surface area (Å²) in [5.41, 5.74) is 0.208. The summed E-state index contributed by atoms with van der Waals surface area (Å²) in [5.74, 6) is 0. The predicted molar refractivity (Wildman–Crippen MR) is 46.9 cm³/mol. The molecule has 0 aliphatic rings. The van der Waals surface area contributed by atoms with Crippen molar-refractivity contribution in [3.63, 3.8) is 0 Å². The van der Waals surface area contributed by atoms with E-state index in [-0.39, 0.29) is 5.50 Å². The van der Waals surface area contributed by atoms with Gasteiger partial charge in [0.1, 0.15) is 0 Å². The van der Waals surface area contributed by atoms with Crippen LogP contribution < -0.4 is 0 Å². The summed E-state index contributed by atoms with van der Waals surface area (Å²) in [6, 6.07) is 0. The molecule has 0 radical (unpaired) electrons. The molecule has 0 amide bonds. The van der Waals surface area contributed by atoms with Gasteiger partial charge >= 0.3 is 33.0 Å². The van der Waals surface area contributed by atoms with E-state index >= 15 is 0 Å². The molecule has 0 heterocycles. The summed E-state index contributed by atoms with van der Waals surface area (Å²) < 4.78 is 60.0. The van der Waals surface area contributed by atoms with E-state index in [0.717, 1.165) is 4.48 Å². The van der Waals surface area contributed by atoms with E-state index in [9.17, 15) is 25.2 Å². The van der Waals surface area contributed by atoms with Crippen molar-refractivity contribution >= 4 is 19.4 Å². The van der Waals surface area contributed by atoms with Crippen molar-refractivity contribution in [2.45, 2.75) is 12.4 Å². The maximum atomic E-state index is 9.87. The molecule has 1 nitrogen and oxygen atoms in total. The standard InChI is InChI=1S/C5H13ClN.F6P/c1-5(6)7(2,3)4;1-7(2,3,4,5)6/h5H,1-4H3;/q+1;-1. The molecular formula is C5H13ClF6NP. The van der Waals surface area contributed by atoms with Crippen LogP contribution in [0.25, 0.3) is 0 Å². The molecule has 0 N–H and O–H groups in total. The normalized spacial score (nSPS) is 19.9. The van der Waals surface area contributed by atoms with Crippen LogP contribution in [0.15, 0.2) is 0 Å². The number of hydrogen-bond donors (Lipinski definition) is 0. The fourth-order valence-electron chi connectivity index (χ4n) is 0. The summed E-state index contributed by atoms with van der Waals surface area (Å²) in [7, 11) is -4.46. The summed E-state index contributed by atoms with van der Waals surface area (Å²) in [5, 5.41) is 0. The van der Waals surface area contributed by atoms with Crippen molar-refractivity contribution in [3.8, 4) is 0 Å². The van der Waals surface area contributed by atoms with E-state index in [2.05, 4.69) is 21.1 Å². The van der Waals surface area contributed by atoms with Gasteiger partial charge in [-0.2, -0.15) is 0 Å². The van der Waals surface area contributed by atoms with Gasteiger partial charge in [-0.15, -0.1) is 0 Å². The molecule has 1 atom stereocenters. The van der Waals surface area contributed by atoms with Gasteiger partial charge in [0.05, 0.1) is 21.1 Å². The number of halogens is 7. The Morgan fingerprint density at radius 3 is 1.00 bits per heavy atom. The van der Waals surface area contributed by atoms with Gasteiger partial charge in [0, 0.05) is 6.92 Å². The first-order chi connectivity index (χ1) is 5.39. The minimum absolute atomic E-state index is 0.208. The quantitative estimate of drug-likeness (QED) is 0.213. The number of nitrogens with zero attached hydrogens (tertiary/aromatic N) is 1. The molecule has 0 fully saturated rings. The van der Waals surface area contributed by atoms with Crippen LogP contribution in [0.4, 0.5) is 25.2 Å². The Labute approximate surface area is 83.5 Å². The van der Waals surface area contributed by atoms with E-state index < -0.39 is 7.81 Å². The fraction of sp³-hybridized carbons (Fsp3) is 1.00. The summed E-state index contributed by atoms with van der Waals surface area (Å²) in [6.45, 7) is 1.99. The molecule has 1 unspecified atom stereocenters. The van der Waals surface area contributed by atoms with Crippen molar-refractivity contribution in [1.82, 2.24) is 0 Å². The molecule has 0 rings (SSSR count). The molecule has 0 saturated carbocycles. The molecule has 0 spiro atoms. The molecule has 92 valence electrons. The molecular weight excluding hydrogens is 254 g/mol. The van der Waals surface area contributed by atoms with Crippen LogP contribution in [-0.4, -0.2) is 31.1 Å². The van der Waals surface area contributed by atoms with E-state index in [1.165, 1.54) is 0 Å².